The number of unbranched alkanes of at least 4 members (excludes halogenated alkanes) is 9. The van der Waals surface area contributed by atoms with Gasteiger partial charge in [0, 0.05) is 0 Å². The molecule has 2 aromatic rings. The Balaban J connectivity index is 0.000000675. The van der Waals surface area contributed by atoms with Crippen molar-refractivity contribution >= 4 is 19.5 Å². The number of benzene rings is 2. The maximum absolute atomic E-state index is 11.2. The van der Waals surface area contributed by atoms with E-state index in [1.165, 1.54) is 88.9 Å². The van der Waals surface area contributed by atoms with Gasteiger partial charge in [-0.05, 0) is 49.6 Å². The molecule has 0 bridgehead atoms. The van der Waals surface area contributed by atoms with Crippen LogP contribution in [0.3, 0.4) is 0 Å². The Kier molecular flexibility index (Phi) is 12.6. The van der Waals surface area contributed by atoms with Crippen LogP contribution >= 0.6 is 0 Å². The number of rotatable bonds is 13. The van der Waals surface area contributed by atoms with Crippen LogP contribution in [0, 0.1) is 14.1 Å². The Morgan fingerprint density at radius 3 is 1.36 bits per heavy atom. The van der Waals surface area contributed by atoms with Gasteiger partial charge >= 0.3 is 57.6 Å². The zero-order valence-corrected chi connectivity index (χ0v) is 24.2. The van der Waals surface area contributed by atoms with Gasteiger partial charge in [0.05, 0.1) is 0 Å². The van der Waals surface area contributed by atoms with Crippen LogP contribution in [-0.4, -0.2) is 19.5 Å². The van der Waals surface area contributed by atoms with Gasteiger partial charge in [0.25, 0.3) is 0 Å². The molecular weight excluding hydrogens is 663 g/mol. The molecule has 0 unspecified atom stereocenters. The first-order chi connectivity index (χ1) is 15.2. The summed E-state index contributed by atoms with van der Waals surface area (Å²) in [5, 5.41) is 0. The minimum absolute atomic E-state index is 0.0271. The topological polar surface area (TPSA) is 0 Å². The number of halogens is 7. The third-order valence-electron chi connectivity index (χ3n) is 4.96. The molecule has 33 heavy (non-hydrogen) atoms. The molecule has 190 valence electrons. The van der Waals surface area contributed by atoms with Crippen molar-refractivity contribution in [3.63, 3.8) is 0 Å². The molecule has 0 nitrogen and oxygen atoms in total. The van der Waals surface area contributed by atoms with Gasteiger partial charge in [-0.25, -0.2) is 0 Å². The monoisotopic (exact) mass is 698 g/mol. The molecule has 0 radical (unpaired) electrons. The number of hydrogen-bond donors (Lipinski definition) is 0. The van der Waals surface area contributed by atoms with Crippen molar-refractivity contribution in [3.05, 3.63) is 66.8 Å². The molecule has 0 atom stereocenters. The molecule has 0 amide bonds. The van der Waals surface area contributed by atoms with Crippen LogP contribution in [-0.2, 0) is 6.42 Å². The van der Waals surface area contributed by atoms with Gasteiger partial charge in [0.1, 0.15) is 0 Å². The van der Waals surface area contributed by atoms with E-state index in [2.05, 4.69) is 62.4 Å². The van der Waals surface area contributed by atoms with E-state index in [1.807, 2.05) is 0 Å². The van der Waals surface area contributed by atoms with Crippen LogP contribution in [0.25, 0.3) is 0 Å². The molecule has 2 rings (SSSR count). The van der Waals surface area contributed by atoms with Crippen molar-refractivity contribution in [3.8, 4) is 0 Å². The zero-order chi connectivity index (χ0) is 24.9. The van der Waals surface area contributed by atoms with Crippen LogP contribution in [0.1, 0.15) is 82.3 Å². The van der Waals surface area contributed by atoms with E-state index in [-0.39, 0.29) is 21.2 Å². The van der Waals surface area contributed by atoms with Gasteiger partial charge < -0.3 is 0 Å². The average Bonchev–Trinajstić information content (AvgIpc) is 2.70. The predicted molar refractivity (Wildman–Crippen MR) is 123 cm³/mol. The van der Waals surface area contributed by atoms with E-state index in [0.29, 0.717) is 0 Å². The van der Waals surface area contributed by atoms with Gasteiger partial charge in [-0.2, -0.15) is 0 Å². The summed E-state index contributed by atoms with van der Waals surface area (Å²) in [5.41, 5.74) is 2.87. The molecule has 0 aliphatic rings. The zero-order valence-electron chi connectivity index (χ0n) is 19.5. The molecule has 8 heteroatoms. The SMILES string of the molecule is CCCCCCCCCCCCc1ccc([I+]c2ccc(C)cc2)cc1.[F][Sb-]([F])([F])([F])([F])[F]. The Labute approximate surface area is 207 Å². The minimum atomic E-state index is -11.2. The fourth-order valence-electron chi connectivity index (χ4n) is 3.25. The van der Waals surface area contributed by atoms with E-state index in [9.17, 15) is 16.9 Å². The number of hydrogen-bond acceptors (Lipinski definition) is 0. The molecule has 0 spiro atoms. The first-order valence-corrected chi connectivity index (χ1v) is 19.5. The Hall–Kier alpha value is -0.432. The summed E-state index contributed by atoms with van der Waals surface area (Å²) in [6.07, 6.45) is 15.4. The van der Waals surface area contributed by atoms with Crippen LogP contribution in [0.15, 0.2) is 48.5 Å². The first kappa shape index (κ1) is 30.6. The first-order valence-electron chi connectivity index (χ1n) is 11.6. The molecule has 0 aliphatic heterocycles. The van der Waals surface area contributed by atoms with Gasteiger partial charge in [-0.15, -0.1) is 0 Å². The van der Waals surface area contributed by atoms with E-state index in [4.69, 9.17) is 0 Å². The molecule has 0 saturated heterocycles. The van der Waals surface area contributed by atoms with Gasteiger partial charge in [0.2, 0.25) is 0 Å². The molecular formula is C25H36F6ISb. The molecule has 0 saturated carbocycles. The Morgan fingerprint density at radius 1 is 0.576 bits per heavy atom. The Morgan fingerprint density at radius 2 is 0.939 bits per heavy atom. The summed E-state index contributed by atoms with van der Waals surface area (Å²) in [5.74, 6) is 0. The van der Waals surface area contributed by atoms with Gasteiger partial charge in [-0.1, -0.05) is 94.5 Å². The quantitative estimate of drug-likeness (QED) is 0.0943. The molecule has 0 aliphatic carbocycles. The van der Waals surface area contributed by atoms with Crippen LogP contribution in [0.2, 0.25) is 0 Å². The third kappa shape index (κ3) is 21.8. The van der Waals surface area contributed by atoms with Crippen LogP contribution in [0.4, 0.5) is 16.9 Å². The third-order valence-corrected chi connectivity index (χ3v) is 7.65. The summed E-state index contributed by atoms with van der Waals surface area (Å²) < 4.78 is 62.6. The van der Waals surface area contributed by atoms with Crippen LogP contribution in [0.5, 0.6) is 0 Å². The number of aryl methyl sites for hydroxylation is 2. The molecule has 0 aromatic heterocycles. The van der Waals surface area contributed by atoms with E-state index in [0.717, 1.165) is 0 Å². The fourth-order valence-corrected chi connectivity index (χ4v) is 5.41. The van der Waals surface area contributed by atoms with Gasteiger partial charge in [0.15, 0.2) is 7.14 Å². The molecule has 2 aromatic carbocycles. The summed E-state index contributed by atoms with van der Waals surface area (Å²) in [6, 6.07) is 18.5. The molecule has 0 N–H and O–H groups in total. The van der Waals surface area contributed by atoms with Crippen molar-refractivity contribution in [2.24, 2.45) is 0 Å². The normalized spacial score (nSPS) is 13.6. The second-order valence-corrected chi connectivity index (χ2v) is 16.9. The molecule has 0 heterocycles. The summed E-state index contributed by atoms with van der Waals surface area (Å²) in [6.45, 7) is 4.45. The second kappa shape index (κ2) is 13.6. The van der Waals surface area contributed by atoms with E-state index < -0.39 is 19.5 Å². The van der Waals surface area contributed by atoms with Crippen molar-refractivity contribution < 1.29 is 38.1 Å². The van der Waals surface area contributed by atoms with Crippen molar-refractivity contribution in [1.82, 2.24) is 0 Å². The maximum atomic E-state index is 9.93. The fraction of sp³-hybridized carbons (Fsp3) is 0.520. The summed E-state index contributed by atoms with van der Waals surface area (Å²) >= 11 is -11.3. The Bertz CT molecular complexity index is 775. The standard InChI is InChI=1S/C25H36I.6FH.Sb/c1-3-4-5-6-7-8-9-10-11-12-13-23-16-20-25(21-17-23)26-24-18-14-22(2)15-19-24;;;;;;;/h14-21H,3-13H2,1-2H3;6*1H;/q+1;;;;;;;+5/p-6. The molecule has 0 fully saturated rings. The van der Waals surface area contributed by atoms with Crippen molar-refractivity contribution in [2.75, 3.05) is 0 Å². The van der Waals surface area contributed by atoms with Crippen molar-refractivity contribution in [1.29, 1.82) is 0 Å². The van der Waals surface area contributed by atoms with Gasteiger partial charge in [-0.3, -0.25) is 0 Å². The summed E-state index contributed by atoms with van der Waals surface area (Å²) in [4.78, 5) is 0. The van der Waals surface area contributed by atoms with E-state index in [1.54, 1.807) is 0 Å². The second-order valence-electron chi connectivity index (χ2n) is 8.41. The predicted octanol–water partition coefficient (Wildman–Crippen LogP) is 6.73. The van der Waals surface area contributed by atoms with Crippen molar-refractivity contribution in [2.45, 2.75) is 84.5 Å². The van der Waals surface area contributed by atoms with Crippen LogP contribution < -0.4 is 21.2 Å². The average molecular weight is 699 g/mol. The summed E-state index contributed by atoms with van der Waals surface area (Å²) in [7, 11) is 0. The van der Waals surface area contributed by atoms with E-state index >= 15 is 0 Å².